The fourth-order valence-electron chi connectivity index (χ4n) is 1.60. The minimum absolute atomic E-state index is 0.265. The molecule has 3 N–H and O–H groups in total. The van der Waals surface area contributed by atoms with E-state index in [4.69, 9.17) is 5.41 Å². The van der Waals surface area contributed by atoms with E-state index in [1.165, 1.54) is 0 Å². The number of guanidine groups is 1. The molecular formula is C11H11N3O2. The molecule has 1 aliphatic rings. The van der Waals surface area contributed by atoms with Crippen molar-refractivity contribution in [1.29, 1.82) is 5.41 Å². The monoisotopic (exact) mass is 217 g/mol. The molecule has 2 rings (SSSR count). The number of hydrogen-bond donors (Lipinski definition) is 3. The first-order valence-electron chi connectivity index (χ1n) is 4.85. The third kappa shape index (κ3) is 1.79. The van der Waals surface area contributed by atoms with Gasteiger partial charge in [-0.3, -0.25) is 25.6 Å². The largest absolute Gasteiger partial charge is 0.296 e. The highest BCUT2D eigenvalue weighted by molar-refractivity contribution is 6.19. The van der Waals surface area contributed by atoms with E-state index >= 15 is 0 Å². The topological polar surface area (TPSA) is 82.1 Å². The zero-order valence-electron chi connectivity index (χ0n) is 8.70. The lowest BCUT2D eigenvalue weighted by Gasteiger charge is -2.22. The van der Waals surface area contributed by atoms with Crippen LogP contribution in [-0.2, 0) is 9.59 Å². The second kappa shape index (κ2) is 3.77. The highest BCUT2D eigenvalue weighted by Crippen LogP contribution is 2.18. The average molecular weight is 217 g/mol. The maximum absolute atomic E-state index is 11.6. The predicted octanol–water partition coefficient (Wildman–Crippen LogP) is 0.259. The normalized spacial score (nSPS) is 20.3. The third-order valence-corrected chi connectivity index (χ3v) is 2.43. The molecule has 0 aromatic heterocycles. The maximum Gasteiger partial charge on any atom is 0.243 e. The van der Waals surface area contributed by atoms with Crippen LogP contribution in [0.2, 0.25) is 0 Å². The van der Waals surface area contributed by atoms with E-state index in [1.54, 1.807) is 12.1 Å². The van der Waals surface area contributed by atoms with Crippen LogP contribution >= 0.6 is 0 Å². The number of benzene rings is 1. The Hall–Kier alpha value is -2.17. The fraction of sp³-hybridized carbons (Fsp3) is 0.182. The Morgan fingerprint density at radius 3 is 2.06 bits per heavy atom. The summed E-state index contributed by atoms with van der Waals surface area (Å²) in [6.45, 7) is 1.93. The molecule has 0 aliphatic carbocycles. The Morgan fingerprint density at radius 1 is 1.06 bits per heavy atom. The first-order valence-corrected chi connectivity index (χ1v) is 4.85. The summed E-state index contributed by atoms with van der Waals surface area (Å²) >= 11 is 0. The minimum Gasteiger partial charge on any atom is -0.296 e. The predicted molar refractivity (Wildman–Crippen MR) is 57.9 cm³/mol. The van der Waals surface area contributed by atoms with Crippen molar-refractivity contribution in [3.8, 4) is 0 Å². The maximum atomic E-state index is 11.6. The Balaban J connectivity index is 2.32. The lowest BCUT2D eigenvalue weighted by molar-refractivity contribution is -0.131. The van der Waals surface area contributed by atoms with Gasteiger partial charge in [0.1, 0.15) is 5.92 Å². The molecule has 0 saturated carbocycles. The van der Waals surface area contributed by atoms with Crippen molar-refractivity contribution in [2.75, 3.05) is 0 Å². The molecule has 1 heterocycles. The summed E-state index contributed by atoms with van der Waals surface area (Å²) in [7, 11) is 0. The van der Waals surface area contributed by atoms with E-state index in [0.717, 1.165) is 5.56 Å². The highest BCUT2D eigenvalue weighted by Gasteiger charge is 2.33. The van der Waals surface area contributed by atoms with Crippen LogP contribution in [-0.4, -0.2) is 17.8 Å². The molecule has 82 valence electrons. The summed E-state index contributed by atoms with van der Waals surface area (Å²) in [6.07, 6.45) is 0. The van der Waals surface area contributed by atoms with Gasteiger partial charge in [-0.2, -0.15) is 0 Å². The third-order valence-electron chi connectivity index (χ3n) is 2.43. The zero-order chi connectivity index (χ0) is 11.7. The van der Waals surface area contributed by atoms with Crippen LogP contribution in [0.3, 0.4) is 0 Å². The average Bonchev–Trinajstić information content (AvgIpc) is 2.19. The molecule has 5 heteroatoms. The van der Waals surface area contributed by atoms with Gasteiger partial charge in [-0.25, -0.2) is 0 Å². The van der Waals surface area contributed by atoms with E-state index in [1.807, 2.05) is 19.1 Å². The fourth-order valence-corrected chi connectivity index (χ4v) is 1.60. The summed E-state index contributed by atoms with van der Waals surface area (Å²) in [5, 5.41) is 11.7. The van der Waals surface area contributed by atoms with Gasteiger partial charge >= 0.3 is 0 Å². The quantitative estimate of drug-likeness (QED) is 0.590. The number of aryl methyl sites for hydroxylation is 1. The Morgan fingerprint density at radius 2 is 1.56 bits per heavy atom. The molecular weight excluding hydrogens is 206 g/mol. The molecule has 5 nitrogen and oxygen atoms in total. The van der Waals surface area contributed by atoms with Crippen LogP contribution in [0.1, 0.15) is 17.0 Å². The van der Waals surface area contributed by atoms with E-state index in [9.17, 15) is 9.59 Å². The molecule has 0 radical (unpaired) electrons. The second-order valence-electron chi connectivity index (χ2n) is 3.70. The number of carbonyl (C=O) groups excluding carboxylic acids is 2. The molecule has 0 atom stereocenters. The number of carbonyl (C=O) groups is 2. The molecule has 1 saturated heterocycles. The lowest BCUT2D eigenvalue weighted by Crippen LogP contribution is -2.54. The van der Waals surface area contributed by atoms with Crippen molar-refractivity contribution >= 4 is 17.8 Å². The van der Waals surface area contributed by atoms with Gasteiger partial charge in [-0.05, 0) is 12.5 Å². The second-order valence-corrected chi connectivity index (χ2v) is 3.70. The summed E-state index contributed by atoms with van der Waals surface area (Å²) in [4.78, 5) is 23.2. The summed E-state index contributed by atoms with van der Waals surface area (Å²) < 4.78 is 0. The zero-order valence-corrected chi connectivity index (χ0v) is 8.70. The SMILES string of the molecule is Cc1ccc(C2C(=O)NC(=N)NC2=O)cc1. The summed E-state index contributed by atoms with van der Waals surface area (Å²) in [5.74, 6) is -2.05. The van der Waals surface area contributed by atoms with Gasteiger partial charge < -0.3 is 0 Å². The number of nitrogens with one attached hydrogen (secondary N) is 3. The molecule has 1 fully saturated rings. The van der Waals surface area contributed by atoms with Crippen molar-refractivity contribution in [2.45, 2.75) is 12.8 Å². The van der Waals surface area contributed by atoms with Crippen LogP contribution in [0.25, 0.3) is 0 Å². The van der Waals surface area contributed by atoms with Crippen LogP contribution in [0.4, 0.5) is 0 Å². The highest BCUT2D eigenvalue weighted by atomic mass is 16.2. The Labute approximate surface area is 92.4 Å². The standard InChI is InChI=1S/C11H11N3O2/c1-6-2-4-7(5-3-6)8-9(15)13-11(12)14-10(8)16/h2-5,8H,1H3,(H3,12,13,14,15,16). The first-order chi connectivity index (χ1) is 7.58. The molecule has 1 aromatic carbocycles. The van der Waals surface area contributed by atoms with Crippen molar-refractivity contribution in [3.63, 3.8) is 0 Å². The number of amides is 2. The van der Waals surface area contributed by atoms with Crippen LogP contribution in [0, 0.1) is 12.3 Å². The number of hydrogen-bond acceptors (Lipinski definition) is 3. The van der Waals surface area contributed by atoms with Crippen molar-refractivity contribution in [1.82, 2.24) is 10.6 Å². The van der Waals surface area contributed by atoms with Gasteiger partial charge in [0.2, 0.25) is 17.8 Å². The minimum atomic E-state index is -0.866. The molecule has 16 heavy (non-hydrogen) atoms. The molecule has 0 unspecified atom stereocenters. The lowest BCUT2D eigenvalue weighted by atomic mass is 9.95. The first kappa shape index (κ1) is 10.4. The van der Waals surface area contributed by atoms with E-state index in [0.29, 0.717) is 5.56 Å². The Bertz CT molecular complexity index is 445. The van der Waals surface area contributed by atoms with E-state index in [-0.39, 0.29) is 5.96 Å². The van der Waals surface area contributed by atoms with Crippen molar-refractivity contribution < 1.29 is 9.59 Å². The van der Waals surface area contributed by atoms with Gasteiger partial charge in [0.15, 0.2) is 0 Å². The van der Waals surface area contributed by atoms with E-state index < -0.39 is 17.7 Å². The molecule has 0 spiro atoms. The molecule has 1 aliphatic heterocycles. The molecule has 2 amide bonds. The molecule has 0 bridgehead atoms. The van der Waals surface area contributed by atoms with Gasteiger partial charge in [0.05, 0.1) is 0 Å². The summed E-state index contributed by atoms with van der Waals surface area (Å²) in [5.41, 5.74) is 1.70. The van der Waals surface area contributed by atoms with E-state index in [2.05, 4.69) is 10.6 Å². The van der Waals surface area contributed by atoms with Crippen molar-refractivity contribution in [2.24, 2.45) is 0 Å². The Kier molecular flexibility index (Phi) is 2.44. The van der Waals surface area contributed by atoms with Gasteiger partial charge in [0.25, 0.3) is 0 Å². The van der Waals surface area contributed by atoms with Gasteiger partial charge in [-0.15, -0.1) is 0 Å². The molecule has 1 aromatic rings. The number of rotatable bonds is 1. The van der Waals surface area contributed by atoms with Crippen molar-refractivity contribution in [3.05, 3.63) is 35.4 Å². The van der Waals surface area contributed by atoms with Gasteiger partial charge in [-0.1, -0.05) is 29.8 Å². The summed E-state index contributed by atoms with van der Waals surface area (Å²) in [6, 6.07) is 7.17. The van der Waals surface area contributed by atoms with Gasteiger partial charge in [0, 0.05) is 0 Å². The smallest absolute Gasteiger partial charge is 0.243 e. The van der Waals surface area contributed by atoms with Crippen LogP contribution in [0.5, 0.6) is 0 Å². The van der Waals surface area contributed by atoms with Crippen LogP contribution in [0.15, 0.2) is 24.3 Å². The van der Waals surface area contributed by atoms with Crippen LogP contribution < -0.4 is 10.6 Å².